The van der Waals surface area contributed by atoms with E-state index < -0.39 is 12.1 Å². The molecule has 0 radical (unpaired) electrons. The predicted octanol–water partition coefficient (Wildman–Crippen LogP) is 11.2. The molecule has 0 saturated heterocycles. The highest BCUT2D eigenvalue weighted by molar-refractivity contribution is 5.76. The van der Waals surface area contributed by atoms with E-state index in [0.717, 1.165) is 38.5 Å². The van der Waals surface area contributed by atoms with Crippen LogP contribution in [0.5, 0.6) is 0 Å². The van der Waals surface area contributed by atoms with Gasteiger partial charge in [0.25, 0.3) is 0 Å². The maximum Gasteiger partial charge on any atom is 0.220 e. The Kier molecular flexibility index (Phi) is 34.5. The first kappa shape index (κ1) is 42.3. The molecule has 0 heterocycles. The molecule has 44 heavy (non-hydrogen) atoms. The number of carbonyl (C=O) groups excluding carboxylic acids is 1. The van der Waals surface area contributed by atoms with E-state index in [9.17, 15) is 15.0 Å². The van der Waals surface area contributed by atoms with E-state index in [1.54, 1.807) is 6.08 Å². The highest BCUT2D eigenvalue weighted by Crippen LogP contribution is 2.12. The summed E-state index contributed by atoms with van der Waals surface area (Å²) in [5, 5.41) is 22.8. The van der Waals surface area contributed by atoms with Crippen molar-refractivity contribution in [2.75, 3.05) is 6.61 Å². The number of amides is 1. The van der Waals surface area contributed by atoms with Crippen molar-refractivity contribution in [3.05, 3.63) is 48.6 Å². The summed E-state index contributed by atoms with van der Waals surface area (Å²) in [5.74, 6) is -0.0822. The fourth-order valence-corrected chi connectivity index (χ4v) is 5.34. The third-order valence-corrected chi connectivity index (χ3v) is 8.28. The third kappa shape index (κ3) is 31.8. The van der Waals surface area contributed by atoms with Crippen molar-refractivity contribution in [3.8, 4) is 0 Å². The molecule has 2 unspecified atom stereocenters. The van der Waals surface area contributed by atoms with Crippen LogP contribution in [0.25, 0.3) is 0 Å². The maximum atomic E-state index is 12.3. The summed E-state index contributed by atoms with van der Waals surface area (Å²) < 4.78 is 0. The largest absolute Gasteiger partial charge is 0.394 e. The molecule has 0 aliphatic carbocycles. The molecule has 4 heteroatoms. The number of unbranched alkanes of at least 4 members (excludes halogenated alkanes) is 20. The van der Waals surface area contributed by atoms with Crippen LogP contribution >= 0.6 is 0 Å². The topological polar surface area (TPSA) is 69.6 Å². The van der Waals surface area contributed by atoms with Crippen LogP contribution in [-0.2, 0) is 4.79 Å². The number of rotatable bonds is 33. The zero-order valence-electron chi connectivity index (χ0n) is 29.2. The van der Waals surface area contributed by atoms with E-state index in [0.29, 0.717) is 6.42 Å². The summed E-state index contributed by atoms with van der Waals surface area (Å²) in [6.07, 6.45) is 47.7. The van der Waals surface area contributed by atoms with E-state index in [2.05, 4.69) is 55.6 Å². The van der Waals surface area contributed by atoms with Gasteiger partial charge < -0.3 is 15.5 Å². The number of hydrogen-bond acceptors (Lipinski definition) is 3. The minimum absolute atomic E-state index is 0.0822. The highest BCUT2D eigenvalue weighted by Gasteiger charge is 2.17. The van der Waals surface area contributed by atoms with E-state index in [1.807, 2.05) is 6.08 Å². The third-order valence-electron chi connectivity index (χ3n) is 8.28. The summed E-state index contributed by atoms with van der Waals surface area (Å²) in [7, 11) is 0. The second-order valence-electron chi connectivity index (χ2n) is 12.6. The molecule has 0 bridgehead atoms. The second kappa shape index (κ2) is 35.8. The Morgan fingerprint density at radius 3 is 1.45 bits per heavy atom. The molecule has 0 aromatic rings. The van der Waals surface area contributed by atoms with Crippen molar-refractivity contribution < 1.29 is 15.0 Å². The van der Waals surface area contributed by atoms with Crippen LogP contribution in [0.15, 0.2) is 48.6 Å². The SMILES string of the molecule is CCCCCCC/C=C\C/C=C\CCCCCCCCCCCC(=O)NC(CO)C(O)/C=C/CC/C=C/CCCCCCC. The van der Waals surface area contributed by atoms with Gasteiger partial charge in [-0.15, -0.1) is 0 Å². The van der Waals surface area contributed by atoms with Crippen molar-refractivity contribution in [1.29, 1.82) is 0 Å². The van der Waals surface area contributed by atoms with Gasteiger partial charge in [-0.3, -0.25) is 4.79 Å². The van der Waals surface area contributed by atoms with Gasteiger partial charge in [-0.1, -0.05) is 159 Å². The molecule has 0 rings (SSSR count). The number of nitrogens with one attached hydrogen (secondary N) is 1. The molecule has 0 fully saturated rings. The van der Waals surface area contributed by atoms with Gasteiger partial charge in [0, 0.05) is 6.42 Å². The number of allylic oxidation sites excluding steroid dienone is 7. The van der Waals surface area contributed by atoms with Gasteiger partial charge in [-0.05, 0) is 64.2 Å². The Labute approximate surface area is 274 Å². The van der Waals surface area contributed by atoms with Crippen LogP contribution in [0.2, 0.25) is 0 Å². The molecule has 0 aromatic carbocycles. The van der Waals surface area contributed by atoms with Gasteiger partial charge in [0.05, 0.1) is 18.8 Å². The van der Waals surface area contributed by atoms with E-state index in [4.69, 9.17) is 0 Å². The van der Waals surface area contributed by atoms with Gasteiger partial charge in [0.15, 0.2) is 0 Å². The van der Waals surface area contributed by atoms with E-state index in [-0.39, 0.29) is 12.5 Å². The fourth-order valence-electron chi connectivity index (χ4n) is 5.34. The Morgan fingerprint density at radius 1 is 0.545 bits per heavy atom. The molecule has 3 N–H and O–H groups in total. The van der Waals surface area contributed by atoms with Gasteiger partial charge >= 0.3 is 0 Å². The lowest BCUT2D eigenvalue weighted by molar-refractivity contribution is -0.123. The van der Waals surface area contributed by atoms with Crippen LogP contribution in [0.1, 0.15) is 181 Å². The molecule has 0 aliphatic heterocycles. The Morgan fingerprint density at radius 2 is 0.955 bits per heavy atom. The summed E-state index contributed by atoms with van der Waals surface area (Å²) in [6, 6.07) is -0.639. The van der Waals surface area contributed by atoms with Crippen LogP contribution in [-0.4, -0.2) is 34.9 Å². The normalized spacial score (nSPS) is 13.6. The summed E-state index contributed by atoms with van der Waals surface area (Å²) >= 11 is 0. The van der Waals surface area contributed by atoms with Gasteiger partial charge in [-0.25, -0.2) is 0 Å². The zero-order valence-corrected chi connectivity index (χ0v) is 29.2. The van der Waals surface area contributed by atoms with Gasteiger partial charge in [0.1, 0.15) is 0 Å². The van der Waals surface area contributed by atoms with Crippen molar-refractivity contribution in [2.24, 2.45) is 0 Å². The molecular formula is C40H73NO3. The van der Waals surface area contributed by atoms with Crippen LogP contribution in [0, 0.1) is 0 Å². The minimum Gasteiger partial charge on any atom is -0.394 e. The quantitative estimate of drug-likeness (QED) is 0.0508. The van der Waals surface area contributed by atoms with Crippen LogP contribution in [0.3, 0.4) is 0 Å². The molecular weight excluding hydrogens is 542 g/mol. The number of aliphatic hydroxyl groups excluding tert-OH is 2. The second-order valence-corrected chi connectivity index (χ2v) is 12.6. The monoisotopic (exact) mass is 616 g/mol. The standard InChI is InChI=1S/C40H73NO3/c1-3-5-7-9-11-13-15-16-17-18-19-20-21-22-23-24-26-28-30-32-34-36-40(44)41-38(37-42)39(43)35-33-31-29-27-25-14-12-10-8-6-4-2/h15-16,18-19,25,27,33,35,38-39,42-43H,3-14,17,20-24,26,28-32,34,36-37H2,1-2H3,(H,41,44)/b16-15-,19-18-,27-25+,35-33+. The molecule has 2 atom stereocenters. The lowest BCUT2D eigenvalue weighted by Gasteiger charge is -2.19. The van der Waals surface area contributed by atoms with Crippen molar-refractivity contribution in [3.63, 3.8) is 0 Å². The first-order valence-corrected chi connectivity index (χ1v) is 18.9. The number of aliphatic hydroxyl groups is 2. The fraction of sp³-hybridized carbons (Fsp3) is 0.775. The number of carbonyl (C=O) groups is 1. The average molecular weight is 616 g/mol. The van der Waals surface area contributed by atoms with Gasteiger partial charge in [-0.2, -0.15) is 0 Å². The molecule has 256 valence electrons. The van der Waals surface area contributed by atoms with Crippen molar-refractivity contribution >= 4 is 5.91 Å². The molecule has 0 aromatic heterocycles. The summed E-state index contributed by atoms with van der Waals surface area (Å²) in [5.41, 5.74) is 0. The molecule has 0 spiro atoms. The first-order valence-electron chi connectivity index (χ1n) is 18.9. The molecule has 4 nitrogen and oxygen atoms in total. The Hall–Kier alpha value is -1.65. The molecule has 1 amide bonds. The predicted molar refractivity (Wildman–Crippen MR) is 193 cm³/mol. The number of hydrogen-bond donors (Lipinski definition) is 3. The minimum atomic E-state index is -0.862. The van der Waals surface area contributed by atoms with E-state index >= 15 is 0 Å². The first-order chi connectivity index (χ1) is 21.7. The van der Waals surface area contributed by atoms with Crippen molar-refractivity contribution in [1.82, 2.24) is 5.32 Å². The average Bonchev–Trinajstić information content (AvgIpc) is 3.03. The molecule has 0 aliphatic rings. The van der Waals surface area contributed by atoms with Crippen LogP contribution in [0.4, 0.5) is 0 Å². The zero-order chi connectivity index (χ0) is 32.2. The molecule has 0 saturated carbocycles. The summed E-state index contributed by atoms with van der Waals surface area (Å²) in [6.45, 7) is 4.24. The Balaban J connectivity index is 3.63. The van der Waals surface area contributed by atoms with E-state index in [1.165, 1.54) is 122 Å². The van der Waals surface area contributed by atoms with Gasteiger partial charge in [0.2, 0.25) is 5.91 Å². The maximum absolute atomic E-state index is 12.3. The van der Waals surface area contributed by atoms with Crippen molar-refractivity contribution in [2.45, 2.75) is 193 Å². The smallest absolute Gasteiger partial charge is 0.220 e. The van der Waals surface area contributed by atoms with Crippen LogP contribution < -0.4 is 5.32 Å². The highest BCUT2D eigenvalue weighted by atomic mass is 16.3. The Bertz CT molecular complexity index is 711. The lowest BCUT2D eigenvalue weighted by Crippen LogP contribution is -2.45. The lowest BCUT2D eigenvalue weighted by atomic mass is 10.1. The summed E-state index contributed by atoms with van der Waals surface area (Å²) in [4.78, 5) is 12.3.